The number of carbonyl (C=O) groups excluding carboxylic acids is 1. The van der Waals surface area contributed by atoms with Gasteiger partial charge in [-0.15, -0.1) is 0 Å². The molecule has 4 fully saturated rings. The van der Waals surface area contributed by atoms with Crippen LogP contribution in [-0.2, 0) is 34.8 Å². The fourth-order valence-corrected chi connectivity index (χ4v) is 8.83. The van der Waals surface area contributed by atoms with Crippen molar-refractivity contribution in [2.24, 2.45) is 23.7 Å². The van der Waals surface area contributed by atoms with Crippen LogP contribution in [-0.4, -0.2) is 71.9 Å². The lowest BCUT2D eigenvalue weighted by atomic mass is 9.49. The highest BCUT2D eigenvalue weighted by Gasteiger charge is 2.69. The van der Waals surface area contributed by atoms with Crippen molar-refractivity contribution in [1.29, 1.82) is 0 Å². The van der Waals surface area contributed by atoms with E-state index in [1.807, 2.05) is 18.2 Å². The van der Waals surface area contributed by atoms with Gasteiger partial charge in [0.25, 0.3) is 0 Å². The minimum atomic E-state index is -2.09. The predicted molar refractivity (Wildman–Crippen MR) is 147 cm³/mol. The number of aliphatic hydroxyl groups excluding tert-OH is 1. The number of ether oxygens (including phenoxy) is 4. The average molecular weight is 551 g/mol. The molecule has 0 unspecified atom stereocenters. The molecule has 0 amide bonds. The number of benzene rings is 1. The van der Waals surface area contributed by atoms with E-state index in [1.54, 1.807) is 0 Å². The Balaban J connectivity index is 1.50. The predicted octanol–water partition coefficient (Wildman–Crippen LogP) is 4.68. The van der Waals surface area contributed by atoms with Crippen molar-refractivity contribution in [3.63, 3.8) is 0 Å². The topological polar surface area (TPSA) is 83.5 Å². The molecule has 7 nitrogen and oxygen atoms in total. The van der Waals surface area contributed by atoms with Gasteiger partial charge in [0.15, 0.2) is 8.32 Å². The second kappa shape index (κ2) is 11.6. The quantitative estimate of drug-likeness (QED) is 0.165. The number of hydrogen-bond acceptors (Lipinski definition) is 7. The Morgan fingerprint density at radius 1 is 1.00 bits per heavy atom. The minimum absolute atomic E-state index is 0.0438. The fourth-order valence-electron chi connectivity index (χ4n) is 6.61. The zero-order valence-electron chi connectivity index (χ0n) is 23.4. The normalized spacial score (nSPS) is 33.4. The first kappa shape index (κ1) is 28.9. The van der Waals surface area contributed by atoms with Crippen molar-refractivity contribution in [2.75, 3.05) is 26.6 Å². The van der Waals surface area contributed by atoms with Crippen LogP contribution in [0.1, 0.15) is 18.4 Å². The van der Waals surface area contributed by atoms with E-state index < -0.39 is 28.1 Å². The van der Waals surface area contributed by atoms with Crippen LogP contribution >= 0.6 is 0 Å². The van der Waals surface area contributed by atoms with E-state index in [0.717, 1.165) is 11.6 Å². The molecule has 1 heterocycles. The van der Waals surface area contributed by atoms with E-state index in [-0.39, 0.29) is 49.0 Å². The second-order valence-corrected chi connectivity index (χ2v) is 23.3. The van der Waals surface area contributed by atoms with Crippen LogP contribution in [0.2, 0.25) is 45.3 Å². The summed E-state index contributed by atoms with van der Waals surface area (Å²) in [6, 6.07) is 11.2. The molecule has 37 heavy (non-hydrogen) atoms. The zero-order valence-corrected chi connectivity index (χ0v) is 25.4. The van der Waals surface area contributed by atoms with Crippen LogP contribution in [0.3, 0.4) is 0 Å². The lowest BCUT2D eigenvalue weighted by molar-refractivity contribution is -0.290. The maximum atomic E-state index is 12.7. The molecule has 0 aromatic heterocycles. The van der Waals surface area contributed by atoms with E-state index in [4.69, 9.17) is 23.4 Å². The highest BCUT2D eigenvalue weighted by atomic mass is 28.4. The standard InChI is InChI=1S/C28H46O7Si2/c1-36(2,3)13-12-31-19-33-17-22-21-14-24-26(23(22)18-32-16-20-10-8-7-9-11-20)28(27(21)30,15-25(29)34-24)35-37(4,5)6/h7-11,21-24,26-27,30H,12-19H2,1-6H3/t21-,22+,23-,24+,26-,27+,28-/m0/s1. The fraction of sp³-hybridized carbons (Fsp3) is 0.750. The summed E-state index contributed by atoms with van der Waals surface area (Å²) in [7, 11) is -3.24. The van der Waals surface area contributed by atoms with Crippen molar-refractivity contribution in [1.82, 2.24) is 0 Å². The van der Waals surface area contributed by atoms with Gasteiger partial charge in [-0.25, -0.2) is 0 Å². The lowest BCUT2D eigenvalue weighted by Crippen LogP contribution is -2.75. The van der Waals surface area contributed by atoms with Gasteiger partial charge in [0.05, 0.1) is 37.9 Å². The van der Waals surface area contributed by atoms with Gasteiger partial charge < -0.3 is 28.5 Å². The van der Waals surface area contributed by atoms with Crippen molar-refractivity contribution in [2.45, 2.75) is 82.6 Å². The average Bonchev–Trinajstić information content (AvgIpc) is 2.79. The molecule has 3 saturated carbocycles. The minimum Gasteiger partial charge on any atom is -0.462 e. The molecule has 9 heteroatoms. The van der Waals surface area contributed by atoms with E-state index >= 15 is 0 Å². The van der Waals surface area contributed by atoms with Gasteiger partial charge in [-0.1, -0.05) is 50.0 Å². The molecule has 0 spiro atoms. The first-order valence-electron chi connectivity index (χ1n) is 13.7. The molecule has 4 bridgehead atoms. The number of aliphatic hydroxyl groups is 1. The summed E-state index contributed by atoms with van der Waals surface area (Å²) >= 11 is 0. The van der Waals surface area contributed by atoms with Crippen LogP contribution in [0.25, 0.3) is 0 Å². The molecule has 1 aromatic carbocycles. The molecule has 1 saturated heterocycles. The maximum Gasteiger partial charge on any atom is 0.309 e. The Bertz CT molecular complexity index is 900. The molecule has 4 aliphatic rings. The zero-order chi connectivity index (χ0) is 26.8. The highest BCUT2D eigenvalue weighted by Crippen LogP contribution is 2.60. The summed E-state index contributed by atoms with van der Waals surface area (Å²) in [4.78, 5) is 12.7. The van der Waals surface area contributed by atoms with Gasteiger partial charge in [0, 0.05) is 20.6 Å². The lowest BCUT2D eigenvalue weighted by Gasteiger charge is -2.65. The number of esters is 1. The molecule has 3 aliphatic carbocycles. The van der Waals surface area contributed by atoms with Gasteiger partial charge in [-0.3, -0.25) is 4.79 Å². The molecule has 208 valence electrons. The van der Waals surface area contributed by atoms with Crippen LogP contribution in [0.4, 0.5) is 0 Å². The summed E-state index contributed by atoms with van der Waals surface area (Å²) < 4.78 is 30.7. The second-order valence-electron chi connectivity index (χ2n) is 13.3. The number of hydrogen-bond donors (Lipinski definition) is 1. The number of fused-ring (bicyclic) bond motifs is 1. The highest BCUT2D eigenvalue weighted by molar-refractivity contribution is 6.76. The summed E-state index contributed by atoms with van der Waals surface area (Å²) in [6.45, 7) is 15.8. The van der Waals surface area contributed by atoms with Crippen LogP contribution in [0, 0.1) is 23.7 Å². The summed E-state index contributed by atoms with van der Waals surface area (Å²) in [6.07, 6.45) is -0.270. The summed E-state index contributed by atoms with van der Waals surface area (Å²) in [5.74, 6) is -0.377. The number of carbonyl (C=O) groups is 1. The smallest absolute Gasteiger partial charge is 0.309 e. The van der Waals surface area contributed by atoms with Gasteiger partial charge in [0.2, 0.25) is 0 Å². The Morgan fingerprint density at radius 2 is 1.70 bits per heavy atom. The SMILES string of the molecule is C[Si](C)(C)CCOCOC[C@H]1[C@H](COCc2ccccc2)[C@H]2[C@H]3C[C@@H]1[C@@H](O)[C@]2(O[Si](C)(C)C)CC(=O)O3. The van der Waals surface area contributed by atoms with Gasteiger partial charge >= 0.3 is 5.97 Å². The Hall–Kier alpha value is -1.08. The van der Waals surface area contributed by atoms with E-state index in [1.165, 1.54) is 0 Å². The summed E-state index contributed by atoms with van der Waals surface area (Å²) in [5.41, 5.74) is 0.199. The molecule has 0 radical (unpaired) electrons. The van der Waals surface area contributed by atoms with Gasteiger partial charge in [0.1, 0.15) is 12.9 Å². The molecular weight excluding hydrogens is 504 g/mol. The first-order chi connectivity index (χ1) is 17.4. The maximum absolute atomic E-state index is 12.7. The Morgan fingerprint density at radius 3 is 2.38 bits per heavy atom. The van der Waals surface area contributed by atoms with E-state index in [2.05, 4.69) is 51.4 Å². The molecule has 5 rings (SSSR count). The summed E-state index contributed by atoms with van der Waals surface area (Å²) in [5, 5.41) is 11.7. The van der Waals surface area contributed by atoms with Crippen LogP contribution in [0.5, 0.6) is 0 Å². The molecule has 1 N–H and O–H groups in total. The third kappa shape index (κ3) is 6.93. The first-order valence-corrected chi connectivity index (χ1v) is 20.9. The van der Waals surface area contributed by atoms with Crippen molar-refractivity contribution >= 4 is 22.4 Å². The van der Waals surface area contributed by atoms with Crippen molar-refractivity contribution < 1.29 is 33.3 Å². The third-order valence-electron chi connectivity index (χ3n) is 8.03. The van der Waals surface area contributed by atoms with Crippen LogP contribution < -0.4 is 0 Å². The molecular formula is C28H46O7Si2. The number of rotatable bonds is 13. The molecule has 1 aliphatic heterocycles. The van der Waals surface area contributed by atoms with Gasteiger partial charge in [-0.2, -0.15) is 0 Å². The van der Waals surface area contributed by atoms with E-state index in [9.17, 15) is 9.90 Å². The molecule has 1 aromatic rings. The van der Waals surface area contributed by atoms with E-state index in [0.29, 0.717) is 32.8 Å². The Kier molecular flexibility index (Phi) is 9.05. The third-order valence-corrected chi connectivity index (χ3v) is 10.7. The van der Waals surface area contributed by atoms with Crippen molar-refractivity contribution in [3.05, 3.63) is 35.9 Å². The molecule has 7 atom stereocenters. The Labute approximate surface area is 224 Å². The van der Waals surface area contributed by atoms with Crippen molar-refractivity contribution in [3.8, 4) is 0 Å². The van der Waals surface area contributed by atoms with Gasteiger partial charge in [-0.05, 0) is 55.4 Å². The largest absolute Gasteiger partial charge is 0.462 e. The van der Waals surface area contributed by atoms with Crippen LogP contribution in [0.15, 0.2) is 30.3 Å². The monoisotopic (exact) mass is 550 g/mol.